The summed E-state index contributed by atoms with van der Waals surface area (Å²) in [7, 11) is 0. The van der Waals surface area contributed by atoms with E-state index in [1.54, 1.807) is 0 Å². The predicted octanol–water partition coefficient (Wildman–Crippen LogP) is 7.00. The number of hydrogen-bond acceptors (Lipinski definition) is 4. The SMILES string of the molecule is Nc1ccc2[nH]c(O)c(C(=Nc3ccc(CN4CCC(c5ccccc5)CC4)cc3)c3ccccc3)c2c1. The average molecular weight is 501 g/mol. The van der Waals surface area contributed by atoms with Crippen molar-refractivity contribution in [2.75, 3.05) is 18.8 Å². The smallest absolute Gasteiger partial charge is 0.199 e. The third-order valence-electron chi connectivity index (χ3n) is 7.53. The average Bonchev–Trinajstić information content (AvgIpc) is 3.28. The molecule has 0 radical (unpaired) electrons. The number of aromatic nitrogens is 1. The van der Waals surface area contributed by atoms with E-state index in [4.69, 9.17) is 10.7 Å². The molecule has 2 heterocycles. The first-order valence-electron chi connectivity index (χ1n) is 13.2. The van der Waals surface area contributed by atoms with Crippen LogP contribution in [0.15, 0.2) is 108 Å². The zero-order valence-electron chi connectivity index (χ0n) is 21.3. The van der Waals surface area contributed by atoms with Crippen LogP contribution in [0.4, 0.5) is 11.4 Å². The first-order chi connectivity index (χ1) is 18.6. The van der Waals surface area contributed by atoms with Gasteiger partial charge in [0, 0.05) is 28.7 Å². The molecule has 0 amide bonds. The fourth-order valence-corrected chi connectivity index (χ4v) is 5.51. The van der Waals surface area contributed by atoms with Crippen LogP contribution in [-0.4, -0.2) is 33.8 Å². The van der Waals surface area contributed by atoms with E-state index in [0.29, 0.717) is 22.9 Å². The van der Waals surface area contributed by atoms with Crippen molar-refractivity contribution < 1.29 is 5.11 Å². The van der Waals surface area contributed by atoms with Crippen LogP contribution in [0.1, 0.15) is 41.0 Å². The minimum absolute atomic E-state index is 0.0868. The van der Waals surface area contributed by atoms with Crippen LogP contribution in [0.25, 0.3) is 10.9 Å². The number of hydrogen-bond donors (Lipinski definition) is 3. The lowest BCUT2D eigenvalue weighted by Gasteiger charge is -2.32. The predicted molar refractivity (Wildman–Crippen MR) is 156 cm³/mol. The van der Waals surface area contributed by atoms with Crippen LogP contribution < -0.4 is 5.73 Å². The topological polar surface area (TPSA) is 77.6 Å². The zero-order valence-corrected chi connectivity index (χ0v) is 21.3. The Morgan fingerprint density at radius 3 is 2.26 bits per heavy atom. The van der Waals surface area contributed by atoms with Crippen LogP contribution in [0.3, 0.4) is 0 Å². The van der Waals surface area contributed by atoms with Gasteiger partial charge in [-0.1, -0.05) is 72.8 Å². The van der Waals surface area contributed by atoms with Crippen molar-refractivity contribution >= 4 is 28.0 Å². The van der Waals surface area contributed by atoms with Gasteiger partial charge in [0.25, 0.3) is 0 Å². The maximum atomic E-state index is 10.9. The first-order valence-corrected chi connectivity index (χ1v) is 13.2. The summed E-state index contributed by atoms with van der Waals surface area (Å²) in [5, 5.41) is 11.7. The number of piperidine rings is 1. The Hall–Kier alpha value is -4.35. The number of likely N-dealkylation sites (tertiary alicyclic amines) is 1. The van der Waals surface area contributed by atoms with Crippen LogP contribution in [0.2, 0.25) is 0 Å². The van der Waals surface area contributed by atoms with Gasteiger partial charge in [-0.15, -0.1) is 0 Å². The number of benzene rings is 4. The van der Waals surface area contributed by atoms with Gasteiger partial charge in [-0.05, 0) is 73.3 Å². The molecule has 6 rings (SSSR count). The van der Waals surface area contributed by atoms with Crippen LogP contribution >= 0.6 is 0 Å². The molecule has 0 bridgehead atoms. The molecule has 5 nitrogen and oxygen atoms in total. The monoisotopic (exact) mass is 500 g/mol. The minimum Gasteiger partial charge on any atom is -0.494 e. The molecule has 4 N–H and O–H groups in total. The van der Waals surface area contributed by atoms with E-state index < -0.39 is 0 Å². The molecule has 1 saturated heterocycles. The van der Waals surface area contributed by atoms with Gasteiger partial charge in [0.2, 0.25) is 0 Å². The Balaban J connectivity index is 1.23. The molecule has 0 aliphatic carbocycles. The second-order valence-corrected chi connectivity index (χ2v) is 10.1. The first kappa shape index (κ1) is 24.0. The zero-order chi connectivity index (χ0) is 25.9. The van der Waals surface area contributed by atoms with E-state index in [2.05, 4.69) is 64.5 Å². The third-order valence-corrected chi connectivity index (χ3v) is 7.53. The number of fused-ring (bicyclic) bond motifs is 1. The summed E-state index contributed by atoms with van der Waals surface area (Å²) in [6.45, 7) is 3.17. The van der Waals surface area contributed by atoms with Gasteiger partial charge in [0.05, 0.1) is 17.0 Å². The maximum absolute atomic E-state index is 10.9. The third kappa shape index (κ3) is 5.06. The van der Waals surface area contributed by atoms with Gasteiger partial charge in [0.15, 0.2) is 5.88 Å². The largest absolute Gasteiger partial charge is 0.494 e. The molecule has 190 valence electrons. The lowest BCUT2D eigenvalue weighted by molar-refractivity contribution is 0.204. The van der Waals surface area contributed by atoms with Crippen LogP contribution in [0.5, 0.6) is 5.88 Å². The fraction of sp³-hybridized carbons (Fsp3) is 0.182. The Kier molecular flexibility index (Phi) is 6.67. The van der Waals surface area contributed by atoms with Crippen molar-refractivity contribution in [1.29, 1.82) is 0 Å². The molecule has 0 spiro atoms. The molecular weight excluding hydrogens is 468 g/mol. The summed E-state index contributed by atoms with van der Waals surface area (Å²) < 4.78 is 0. The molecule has 0 saturated carbocycles. The normalized spacial score (nSPS) is 15.2. The number of rotatable bonds is 6. The summed E-state index contributed by atoms with van der Waals surface area (Å²) in [6.07, 6.45) is 2.40. The highest BCUT2D eigenvalue weighted by Crippen LogP contribution is 2.33. The molecular formula is C33H32N4O. The molecule has 5 aromatic rings. The van der Waals surface area contributed by atoms with E-state index in [-0.39, 0.29) is 5.88 Å². The number of H-pyrrole nitrogens is 1. The molecule has 1 aromatic heterocycles. The fourth-order valence-electron chi connectivity index (χ4n) is 5.51. The summed E-state index contributed by atoms with van der Waals surface area (Å²) in [5.74, 6) is 0.751. The van der Waals surface area contributed by atoms with Crippen LogP contribution in [-0.2, 0) is 6.54 Å². The van der Waals surface area contributed by atoms with Gasteiger partial charge in [-0.25, -0.2) is 4.99 Å². The summed E-state index contributed by atoms with van der Waals surface area (Å²) in [6, 6.07) is 34.9. The highest BCUT2D eigenvalue weighted by molar-refractivity contribution is 6.22. The van der Waals surface area contributed by atoms with E-state index in [9.17, 15) is 5.11 Å². The van der Waals surface area contributed by atoms with Crippen LogP contribution in [0, 0.1) is 0 Å². The van der Waals surface area contributed by atoms with E-state index in [0.717, 1.165) is 41.8 Å². The number of aromatic hydroxyl groups is 1. The Morgan fingerprint density at radius 2 is 1.55 bits per heavy atom. The van der Waals surface area contributed by atoms with Crippen molar-refractivity contribution in [3.63, 3.8) is 0 Å². The quantitative estimate of drug-likeness (QED) is 0.173. The number of nitrogens with one attached hydrogen (secondary N) is 1. The van der Waals surface area contributed by atoms with E-state index in [1.807, 2.05) is 48.5 Å². The second kappa shape index (κ2) is 10.6. The number of aliphatic imine (C=N–C) groups is 1. The molecule has 4 aromatic carbocycles. The maximum Gasteiger partial charge on any atom is 0.199 e. The van der Waals surface area contributed by atoms with E-state index >= 15 is 0 Å². The van der Waals surface area contributed by atoms with E-state index in [1.165, 1.54) is 24.0 Å². The molecule has 1 aliphatic rings. The van der Waals surface area contributed by atoms with Gasteiger partial charge in [-0.3, -0.25) is 4.90 Å². The number of aromatic amines is 1. The van der Waals surface area contributed by atoms with Crippen molar-refractivity contribution in [3.05, 3.63) is 125 Å². The summed E-state index contributed by atoms with van der Waals surface area (Å²) in [5.41, 5.74) is 13.4. The number of anilines is 1. The van der Waals surface area contributed by atoms with Gasteiger partial charge in [0.1, 0.15) is 0 Å². The molecule has 1 fully saturated rings. The van der Waals surface area contributed by atoms with Crippen molar-refractivity contribution in [2.24, 2.45) is 4.99 Å². The summed E-state index contributed by atoms with van der Waals surface area (Å²) in [4.78, 5) is 10.6. The lowest BCUT2D eigenvalue weighted by atomic mass is 9.89. The lowest BCUT2D eigenvalue weighted by Crippen LogP contribution is -2.32. The van der Waals surface area contributed by atoms with Gasteiger partial charge >= 0.3 is 0 Å². The van der Waals surface area contributed by atoms with Gasteiger partial charge < -0.3 is 15.8 Å². The minimum atomic E-state index is 0.0868. The standard InChI is InChI=1S/C33H32N4O/c34-27-13-16-30-29(21-27)31(33(38)36-30)32(26-9-5-2-6-10-26)35-28-14-11-23(12-15-28)22-37-19-17-25(18-20-37)24-7-3-1-4-8-24/h1-16,21,25,36,38H,17-20,22,34H2. The molecule has 0 atom stereocenters. The molecule has 5 heteroatoms. The second-order valence-electron chi connectivity index (χ2n) is 10.1. The highest BCUT2D eigenvalue weighted by atomic mass is 16.3. The Morgan fingerprint density at radius 1 is 0.868 bits per heavy atom. The van der Waals surface area contributed by atoms with Gasteiger partial charge in [-0.2, -0.15) is 0 Å². The number of nitrogens with zero attached hydrogens (tertiary/aromatic N) is 2. The Labute approximate surface area is 223 Å². The molecule has 38 heavy (non-hydrogen) atoms. The Bertz CT molecular complexity index is 1550. The number of nitrogens with two attached hydrogens (primary N) is 1. The number of nitrogen functional groups attached to an aromatic ring is 1. The van der Waals surface area contributed by atoms with Crippen molar-refractivity contribution in [3.8, 4) is 5.88 Å². The molecule has 0 unspecified atom stereocenters. The molecule has 1 aliphatic heterocycles. The highest BCUT2D eigenvalue weighted by Gasteiger charge is 2.21. The van der Waals surface area contributed by atoms with Crippen molar-refractivity contribution in [1.82, 2.24) is 9.88 Å². The van der Waals surface area contributed by atoms with Crippen molar-refractivity contribution in [2.45, 2.75) is 25.3 Å². The summed E-state index contributed by atoms with van der Waals surface area (Å²) >= 11 is 0.